The zero-order chi connectivity index (χ0) is 19.2. The molecule has 1 aromatic heterocycles. The van der Waals surface area contributed by atoms with Crippen LogP contribution in [0.25, 0.3) is 0 Å². The highest BCUT2D eigenvalue weighted by Crippen LogP contribution is 2.20. The van der Waals surface area contributed by atoms with Crippen LogP contribution < -0.4 is 0 Å². The fourth-order valence-electron chi connectivity index (χ4n) is 3.37. The van der Waals surface area contributed by atoms with Crippen molar-refractivity contribution in [3.05, 3.63) is 94.8 Å². The van der Waals surface area contributed by atoms with Gasteiger partial charge in [0.25, 0.3) is 5.91 Å². The molecule has 0 aliphatic heterocycles. The molecular formula is C23H26N2O2. The smallest absolute Gasteiger partial charge is 0.256 e. The average Bonchev–Trinajstić information content (AvgIpc) is 2.97. The molecule has 0 atom stereocenters. The van der Waals surface area contributed by atoms with E-state index in [2.05, 4.69) is 16.7 Å². The first-order valence-electron chi connectivity index (χ1n) is 9.25. The fraction of sp³-hybridized carbons (Fsp3) is 0.261. The Balaban J connectivity index is 1.85. The number of aryl methyl sites for hydroxylation is 1. The van der Waals surface area contributed by atoms with Gasteiger partial charge >= 0.3 is 0 Å². The normalized spacial score (nSPS) is 10.8. The van der Waals surface area contributed by atoms with Gasteiger partial charge in [0.2, 0.25) is 0 Å². The van der Waals surface area contributed by atoms with Gasteiger partial charge in [-0.15, -0.1) is 0 Å². The van der Waals surface area contributed by atoms with E-state index in [4.69, 9.17) is 0 Å². The summed E-state index contributed by atoms with van der Waals surface area (Å²) in [6.07, 6.45) is 0. The highest BCUT2D eigenvalue weighted by molar-refractivity contribution is 5.95. The predicted molar refractivity (Wildman–Crippen MR) is 108 cm³/mol. The minimum atomic E-state index is -0.0542. The number of amides is 1. The molecule has 0 saturated heterocycles. The molecule has 0 aliphatic carbocycles. The van der Waals surface area contributed by atoms with E-state index in [0.717, 1.165) is 23.5 Å². The number of benzene rings is 2. The Kier molecular flexibility index (Phi) is 6.09. The van der Waals surface area contributed by atoms with Gasteiger partial charge in [-0.05, 0) is 31.0 Å². The Bertz CT molecular complexity index is 886. The number of aliphatic hydroxyl groups excluding tert-OH is 1. The molecule has 0 bridgehead atoms. The van der Waals surface area contributed by atoms with Crippen LogP contribution in [0.1, 0.15) is 32.9 Å². The Morgan fingerprint density at radius 3 is 2.15 bits per heavy atom. The quantitative estimate of drug-likeness (QED) is 0.695. The summed E-state index contributed by atoms with van der Waals surface area (Å²) in [6, 6.07) is 22.1. The summed E-state index contributed by atoms with van der Waals surface area (Å²) < 4.78 is 2.17. The van der Waals surface area contributed by atoms with Crippen molar-refractivity contribution in [1.29, 1.82) is 0 Å². The second-order valence-electron chi connectivity index (χ2n) is 6.79. The second-order valence-corrected chi connectivity index (χ2v) is 6.79. The molecule has 3 rings (SSSR count). The molecule has 3 aromatic rings. The summed E-state index contributed by atoms with van der Waals surface area (Å²) in [5.74, 6) is -0.0414. The van der Waals surface area contributed by atoms with Crippen molar-refractivity contribution in [1.82, 2.24) is 9.47 Å². The van der Waals surface area contributed by atoms with Gasteiger partial charge < -0.3 is 14.6 Å². The van der Waals surface area contributed by atoms with Gasteiger partial charge in [0.05, 0.1) is 12.2 Å². The molecule has 0 radical (unpaired) electrons. The summed E-state index contributed by atoms with van der Waals surface area (Å²) in [4.78, 5) is 14.9. The third-order valence-electron chi connectivity index (χ3n) is 4.86. The van der Waals surface area contributed by atoms with Crippen LogP contribution in [0.2, 0.25) is 0 Å². The molecule has 0 spiro atoms. The first-order chi connectivity index (χ1) is 13.1. The third-order valence-corrected chi connectivity index (χ3v) is 4.86. The number of aliphatic hydroxyl groups is 1. The maximum absolute atomic E-state index is 13.2. The van der Waals surface area contributed by atoms with E-state index in [1.165, 1.54) is 5.56 Å². The van der Waals surface area contributed by atoms with Crippen LogP contribution in [0.15, 0.2) is 66.7 Å². The van der Waals surface area contributed by atoms with Crippen molar-refractivity contribution in [2.45, 2.75) is 26.9 Å². The molecule has 4 nitrogen and oxygen atoms in total. The van der Waals surface area contributed by atoms with Crippen LogP contribution >= 0.6 is 0 Å². The van der Waals surface area contributed by atoms with Gasteiger partial charge in [0.1, 0.15) is 0 Å². The van der Waals surface area contributed by atoms with E-state index in [9.17, 15) is 9.90 Å². The highest BCUT2D eigenvalue weighted by atomic mass is 16.3. The van der Waals surface area contributed by atoms with Crippen molar-refractivity contribution in [2.75, 3.05) is 13.2 Å². The van der Waals surface area contributed by atoms with Crippen molar-refractivity contribution in [3.63, 3.8) is 0 Å². The minimum absolute atomic E-state index is 0.0414. The number of nitrogens with zero attached hydrogens (tertiary/aromatic N) is 2. The number of carbonyl (C=O) groups is 1. The second kappa shape index (κ2) is 8.69. The summed E-state index contributed by atoms with van der Waals surface area (Å²) in [7, 11) is 0. The number of aromatic nitrogens is 1. The number of hydrogen-bond acceptors (Lipinski definition) is 2. The van der Waals surface area contributed by atoms with Crippen LogP contribution in [0.5, 0.6) is 0 Å². The van der Waals surface area contributed by atoms with Gasteiger partial charge in [-0.3, -0.25) is 4.79 Å². The molecule has 1 heterocycles. The lowest BCUT2D eigenvalue weighted by atomic mass is 10.1. The summed E-state index contributed by atoms with van der Waals surface area (Å²) in [6.45, 7) is 5.51. The molecule has 1 amide bonds. The van der Waals surface area contributed by atoms with Gasteiger partial charge in [0.15, 0.2) is 0 Å². The SMILES string of the molecule is Cc1cc(C(=O)N(CCO)Cc2ccccc2)c(C)n1Cc1ccccc1. The maximum atomic E-state index is 13.2. The molecule has 27 heavy (non-hydrogen) atoms. The van der Waals surface area contributed by atoms with Gasteiger partial charge in [-0.1, -0.05) is 60.7 Å². The number of carbonyl (C=O) groups excluding carboxylic acids is 1. The van der Waals surface area contributed by atoms with E-state index < -0.39 is 0 Å². The molecule has 0 unspecified atom stereocenters. The number of hydrogen-bond donors (Lipinski definition) is 1. The lowest BCUT2D eigenvalue weighted by molar-refractivity contribution is 0.0707. The van der Waals surface area contributed by atoms with E-state index >= 15 is 0 Å². The molecular weight excluding hydrogens is 336 g/mol. The van der Waals surface area contributed by atoms with Crippen LogP contribution in [-0.4, -0.2) is 33.6 Å². The Morgan fingerprint density at radius 2 is 1.56 bits per heavy atom. The Labute approximate surface area is 160 Å². The first-order valence-corrected chi connectivity index (χ1v) is 9.25. The third kappa shape index (κ3) is 4.47. The predicted octanol–water partition coefficient (Wildman–Crippen LogP) is 3.79. The van der Waals surface area contributed by atoms with E-state index in [0.29, 0.717) is 18.7 Å². The molecule has 0 aliphatic rings. The lowest BCUT2D eigenvalue weighted by Gasteiger charge is -2.22. The van der Waals surface area contributed by atoms with Crippen molar-refractivity contribution >= 4 is 5.91 Å². The van der Waals surface area contributed by atoms with Crippen LogP contribution in [-0.2, 0) is 13.1 Å². The Morgan fingerprint density at radius 1 is 0.963 bits per heavy atom. The molecule has 1 N–H and O–H groups in total. The molecule has 0 saturated carbocycles. The Hall–Kier alpha value is -2.85. The monoisotopic (exact) mass is 362 g/mol. The zero-order valence-corrected chi connectivity index (χ0v) is 15.9. The lowest BCUT2D eigenvalue weighted by Crippen LogP contribution is -2.33. The van der Waals surface area contributed by atoms with Crippen LogP contribution in [0.4, 0.5) is 0 Å². The summed E-state index contributed by atoms with van der Waals surface area (Å²) >= 11 is 0. The van der Waals surface area contributed by atoms with Crippen molar-refractivity contribution in [3.8, 4) is 0 Å². The van der Waals surface area contributed by atoms with Gasteiger partial charge in [-0.2, -0.15) is 0 Å². The fourth-order valence-corrected chi connectivity index (χ4v) is 3.37. The summed E-state index contributed by atoms with van der Waals surface area (Å²) in [5.41, 5.74) is 4.97. The zero-order valence-electron chi connectivity index (χ0n) is 15.9. The standard InChI is InChI=1S/C23H26N2O2/c1-18-15-22(19(2)25(18)17-21-11-7-4-8-12-21)23(27)24(13-14-26)16-20-9-5-3-6-10-20/h3-12,15,26H,13-14,16-17H2,1-2H3. The van der Waals surface area contributed by atoms with Crippen LogP contribution in [0.3, 0.4) is 0 Å². The summed E-state index contributed by atoms with van der Waals surface area (Å²) in [5, 5.41) is 9.44. The van der Waals surface area contributed by atoms with Gasteiger partial charge in [-0.25, -0.2) is 0 Å². The topological polar surface area (TPSA) is 45.5 Å². The number of rotatable bonds is 7. The first kappa shape index (κ1) is 18.9. The molecule has 2 aromatic carbocycles. The molecule has 4 heteroatoms. The van der Waals surface area contributed by atoms with E-state index in [1.54, 1.807) is 4.90 Å². The maximum Gasteiger partial charge on any atom is 0.256 e. The average molecular weight is 362 g/mol. The molecule has 0 fully saturated rings. The van der Waals surface area contributed by atoms with E-state index in [-0.39, 0.29) is 12.5 Å². The van der Waals surface area contributed by atoms with Crippen LogP contribution in [0, 0.1) is 13.8 Å². The van der Waals surface area contributed by atoms with Crippen molar-refractivity contribution < 1.29 is 9.90 Å². The van der Waals surface area contributed by atoms with Gasteiger partial charge in [0, 0.05) is 31.0 Å². The van der Waals surface area contributed by atoms with Crippen molar-refractivity contribution in [2.24, 2.45) is 0 Å². The minimum Gasteiger partial charge on any atom is -0.395 e. The largest absolute Gasteiger partial charge is 0.395 e. The molecule has 140 valence electrons. The van der Waals surface area contributed by atoms with E-state index in [1.807, 2.05) is 68.4 Å². The highest BCUT2D eigenvalue weighted by Gasteiger charge is 2.21.